The normalized spacial score (nSPS) is 31.7. The highest BCUT2D eigenvalue weighted by molar-refractivity contribution is 4.83. The van der Waals surface area contributed by atoms with Crippen LogP contribution >= 0.6 is 0 Å². The summed E-state index contributed by atoms with van der Waals surface area (Å²) in [4.78, 5) is 0. The van der Waals surface area contributed by atoms with E-state index in [4.69, 9.17) is 5.73 Å². The molecular weight excluding hydrogens is 110 g/mol. The molecule has 1 aliphatic carbocycles. The molecule has 0 aromatic carbocycles. The second-order valence-electron chi connectivity index (χ2n) is 3.67. The standard InChI is InChI=1S/C7H15N.CH4/c1-7(2)4-3-6(8)5-7;/h6H,3-5,8H2,1-2H3;1H4. The smallest absolute Gasteiger partial charge is 0.00441 e. The Morgan fingerprint density at radius 1 is 1.44 bits per heavy atom. The maximum absolute atomic E-state index is 5.71. The van der Waals surface area contributed by atoms with Gasteiger partial charge in [0.2, 0.25) is 0 Å². The van der Waals surface area contributed by atoms with Gasteiger partial charge in [0, 0.05) is 6.04 Å². The van der Waals surface area contributed by atoms with Crippen LogP contribution in [0.1, 0.15) is 40.5 Å². The van der Waals surface area contributed by atoms with Gasteiger partial charge in [-0.25, -0.2) is 0 Å². The quantitative estimate of drug-likeness (QED) is 0.533. The van der Waals surface area contributed by atoms with Crippen LogP contribution in [0.3, 0.4) is 0 Å². The zero-order chi connectivity index (χ0) is 6.20. The fraction of sp³-hybridized carbons (Fsp3) is 1.00. The minimum atomic E-state index is 0. The van der Waals surface area contributed by atoms with Crippen molar-refractivity contribution in [3.05, 3.63) is 0 Å². The fourth-order valence-electron chi connectivity index (χ4n) is 1.49. The van der Waals surface area contributed by atoms with Gasteiger partial charge in [-0.15, -0.1) is 0 Å². The molecule has 1 heteroatoms. The summed E-state index contributed by atoms with van der Waals surface area (Å²) in [6.45, 7) is 4.58. The minimum Gasteiger partial charge on any atom is -0.328 e. The largest absolute Gasteiger partial charge is 0.328 e. The van der Waals surface area contributed by atoms with E-state index in [2.05, 4.69) is 13.8 Å². The molecule has 0 saturated heterocycles. The molecule has 0 radical (unpaired) electrons. The third kappa shape index (κ3) is 2.35. The molecule has 0 spiro atoms. The Morgan fingerprint density at radius 3 is 2.11 bits per heavy atom. The topological polar surface area (TPSA) is 26.0 Å². The van der Waals surface area contributed by atoms with Gasteiger partial charge in [-0.3, -0.25) is 0 Å². The van der Waals surface area contributed by atoms with Crippen molar-refractivity contribution in [3.8, 4) is 0 Å². The predicted octanol–water partition coefficient (Wildman–Crippen LogP) is 2.16. The summed E-state index contributed by atoms with van der Waals surface area (Å²) in [5.74, 6) is 0. The van der Waals surface area contributed by atoms with E-state index in [0.717, 1.165) is 0 Å². The highest BCUT2D eigenvalue weighted by Crippen LogP contribution is 2.35. The molecule has 2 N–H and O–H groups in total. The Kier molecular flexibility index (Phi) is 2.68. The second kappa shape index (κ2) is 2.70. The number of nitrogens with two attached hydrogens (primary N) is 1. The van der Waals surface area contributed by atoms with Crippen molar-refractivity contribution >= 4 is 0 Å². The molecule has 1 unspecified atom stereocenters. The van der Waals surface area contributed by atoms with Crippen LogP contribution in [-0.4, -0.2) is 6.04 Å². The predicted molar refractivity (Wildman–Crippen MR) is 42.3 cm³/mol. The first-order valence-electron chi connectivity index (χ1n) is 3.36. The SMILES string of the molecule is C.CC1(C)CCC(N)C1. The van der Waals surface area contributed by atoms with Gasteiger partial charge in [-0.2, -0.15) is 0 Å². The molecule has 1 rings (SSSR count). The summed E-state index contributed by atoms with van der Waals surface area (Å²) in [6, 6.07) is 0.491. The molecule has 1 aliphatic rings. The minimum absolute atomic E-state index is 0. The molecular formula is C8H19N. The molecule has 0 amide bonds. The molecule has 1 fully saturated rings. The monoisotopic (exact) mass is 129 g/mol. The zero-order valence-corrected chi connectivity index (χ0v) is 5.78. The van der Waals surface area contributed by atoms with Crippen molar-refractivity contribution in [3.63, 3.8) is 0 Å². The first-order chi connectivity index (χ1) is 3.60. The van der Waals surface area contributed by atoms with Crippen molar-refractivity contribution in [2.75, 3.05) is 0 Å². The van der Waals surface area contributed by atoms with E-state index in [1.54, 1.807) is 0 Å². The Hall–Kier alpha value is -0.0400. The van der Waals surface area contributed by atoms with Crippen LogP contribution in [0, 0.1) is 5.41 Å². The molecule has 0 aliphatic heterocycles. The van der Waals surface area contributed by atoms with Crippen LogP contribution in [0.4, 0.5) is 0 Å². The van der Waals surface area contributed by atoms with Gasteiger partial charge in [0.25, 0.3) is 0 Å². The fourth-order valence-corrected chi connectivity index (χ4v) is 1.49. The average Bonchev–Trinajstić information content (AvgIpc) is 1.82. The van der Waals surface area contributed by atoms with Gasteiger partial charge in [0.1, 0.15) is 0 Å². The van der Waals surface area contributed by atoms with Crippen molar-refractivity contribution in [1.29, 1.82) is 0 Å². The molecule has 0 heterocycles. The first-order valence-corrected chi connectivity index (χ1v) is 3.36. The highest BCUT2D eigenvalue weighted by atomic mass is 14.7. The maximum Gasteiger partial charge on any atom is 0.00441 e. The highest BCUT2D eigenvalue weighted by Gasteiger charge is 2.27. The van der Waals surface area contributed by atoms with E-state index in [0.29, 0.717) is 11.5 Å². The Bertz CT molecular complexity index is 86.6. The van der Waals surface area contributed by atoms with E-state index in [9.17, 15) is 0 Å². The van der Waals surface area contributed by atoms with Crippen molar-refractivity contribution in [2.24, 2.45) is 11.1 Å². The maximum atomic E-state index is 5.71. The van der Waals surface area contributed by atoms with E-state index < -0.39 is 0 Å². The van der Waals surface area contributed by atoms with Crippen molar-refractivity contribution in [1.82, 2.24) is 0 Å². The number of hydrogen-bond acceptors (Lipinski definition) is 1. The molecule has 0 aromatic heterocycles. The van der Waals surface area contributed by atoms with Crippen molar-refractivity contribution in [2.45, 2.75) is 46.6 Å². The summed E-state index contributed by atoms with van der Waals surface area (Å²) in [6.07, 6.45) is 3.76. The summed E-state index contributed by atoms with van der Waals surface area (Å²) in [5, 5.41) is 0. The molecule has 0 bridgehead atoms. The lowest BCUT2D eigenvalue weighted by molar-refractivity contribution is 0.376. The molecule has 1 saturated carbocycles. The van der Waals surface area contributed by atoms with Crippen LogP contribution in [-0.2, 0) is 0 Å². The molecule has 56 valence electrons. The Labute approximate surface area is 58.6 Å². The van der Waals surface area contributed by atoms with Crippen LogP contribution in [0.25, 0.3) is 0 Å². The zero-order valence-electron chi connectivity index (χ0n) is 5.78. The van der Waals surface area contributed by atoms with Crippen LogP contribution < -0.4 is 5.73 Å². The summed E-state index contributed by atoms with van der Waals surface area (Å²) in [5.41, 5.74) is 6.25. The first kappa shape index (κ1) is 8.96. The number of rotatable bonds is 0. The van der Waals surface area contributed by atoms with Gasteiger partial charge in [0.05, 0.1) is 0 Å². The average molecular weight is 129 g/mol. The van der Waals surface area contributed by atoms with Crippen LogP contribution in [0.15, 0.2) is 0 Å². The van der Waals surface area contributed by atoms with E-state index in [1.165, 1.54) is 19.3 Å². The molecule has 0 aromatic rings. The van der Waals surface area contributed by atoms with Gasteiger partial charge < -0.3 is 5.73 Å². The van der Waals surface area contributed by atoms with Crippen LogP contribution in [0.5, 0.6) is 0 Å². The van der Waals surface area contributed by atoms with Gasteiger partial charge in [-0.05, 0) is 24.7 Å². The lowest BCUT2D eigenvalue weighted by Gasteiger charge is -2.14. The summed E-state index contributed by atoms with van der Waals surface area (Å²) < 4.78 is 0. The summed E-state index contributed by atoms with van der Waals surface area (Å²) >= 11 is 0. The Morgan fingerprint density at radius 2 is 2.00 bits per heavy atom. The van der Waals surface area contributed by atoms with Crippen LogP contribution in [0.2, 0.25) is 0 Å². The van der Waals surface area contributed by atoms with Gasteiger partial charge in [0.15, 0.2) is 0 Å². The van der Waals surface area contributed by atoms with Gasteiger partial charge in [-0.1, -0.05) is 21.3 Å². The third-order valence-corrected chi connectivity index (χ3v) is 2.01. The lowest BCUT2D eigenvalue weighted by atomic mass is 9.92. The molecule has 9 heavy (non-hydrogen) atoms. The van der Waals surface area contributed by atoms with E-state index >= 15 is 0 Å². The van der Waals surface area contributed by atoms with Crippen molar-refractivity contribution < 1.29 is 0 Å². The van der Waals surface area contributed by atoms with E-state index in [1.807, 2.05) is 0 Å². The Balaban J connectivity index is 0.000000640. The molecule has 1 nitrogen and oxygen atoms in total. The lowest BCUT2D eigenvalue weighted by Crippen LogP contribution is -2.16. The van der Waals surface area contributed by atoms with Gasteiger partial charge >= 0.3 is 0 Å². The number of hydrogen-bond donors (Lipinski definition) is 1. The second-order valence-corrected chi connectivity index (χ2v) is 3.67. The molecule has 1 atom stereocenters. The third-order valence-electron chi connectivity index (χ3n) is 2.01. The van der Waals surface area contributed by atoms with E-state index in [-0.39, 0.29) is 7.43 Å². The summed E-state index contributed by atoms with van der Waals surface area (Å²) in [7, 11) is 0.